The van der Waals surface area contributed by atoms with E-state index >= 15 is 0 Å². The Balaban J connectivity index is 1.62. The molecule has 194 valence electrons. The number of aromatic nitrogens is 1. The van der Waals surface area contributed by atoms with Gasteiger partial charge in [-0.15, -0.1) is 0 Å². The number of rotatable bonds is 8. The monoisotopic (exact) mass is 536 g/mol. The van der Waals surface area contributed by atoms with Crippen LogP contribution >= 0.6 is 11.3 Å². The van der Waals surface area contributed by atoms with Crippen molar-refractivity contribution in [1.29, 1.82) is 0 Å². The number of sulfonamides is 1. The smallest absolute Gasteiger partial charge is 0.260 e. The molecule has 1 amide bonds. The van der Waals surface area contributed by atoms with E-state index in [0.29, 0.717) is 43.2 Å². The van der Waals surface area contributed by atoms with E-state index in [4.69, 9.17) is 0 Å². The van der Waals surface area contributed by atoms with Crippen LogP contribution in [0.15, 0.2) is 41.3 Å². The molecule has 7 nitrogen and oxygen atoms in total. The highest BCUT2D eigenvalue weighted by Crippen LogP contribution is 2.32. The van der Waals surface area contributed by atoms with E-state index in [-0.39, 0.29) is 27.0 Å². The zero-order valence-corrected chi connectivity index (χ0v) is 22.2. The third kappa shape index (κ3) is 5.74. The fourth-order valence-corrected chi connectivity index (χ4v) is 6.96. The molecule has 36 heavy (non-hydrogen) atoms. The quantitative estimate of drug-likeness (QED) is 0.421. The topological polar surface area (TPSA) is 73.8 Å². The van der Waals surface area contributed by atoms with E-state index in [2.05, 4.69) is 4.98 Å². The minimum absolute atomic E-state index is 0.0130. The number of fused-ring (bicyclic) bond motifs is 1. The number of nitrogens with zero attached hydrogens (tertiary/aromatic N) is 4. The summed E-state index contributed by atoms with van der Waals surface area (Å²) in [6.07, 6.45) is 2.46. The lowest BCUT2D eigenvalue weighted by Crippen LogP contribution is -2.39. The van der Waals surface area contributed by atoms with Gasteiger partial charge in [-0.2, -0.15) is 4.31 Å². The van der Waals surface area contributed by atoms with Crippen molar-refractivity contribution >= 4 is 42.6 Å². The van der Waals surface area contributed by atoms with E-state index in [0.717, 1.165) is 30.2 Å². The highest BCUT2D eigenvalue weighted by atomic mass is 32.2. The number of halogens is 2. The average Bonchev–Trinajstić information content (AvgIpc) is 3.25. The van der Waals surface area contributed by atoms with Gasteiger partial charge in [-0.1, -0.05) is 18.3 Å². The Morgan fingerprint density at radius 3 is 2.56 bits per heavy atom. The molecule has 1 saturated heterocycles. The molecule has 1 aliphatic rings. The summed E-state index contributed by atoms with van der Waals surface area (Å²) in [5.41, 5.74) is 0.302. The molecule has 11 heteroatoms. The van der Waals surface area contributed by atoms with E-state index in [9.17, 15) is 22.0 Å². The first kappa shape index (κ1) is 26.6. The maximum absolute atomic E-state index is 14.3. The van der Waals surface area contributed by atoms with Crippen LogP contribution in [0.25, 0.3) is 10.2 Å². The zero-order chi connectivity index (χ0) is 26.0. The van der Waals surface area contributed by atoms with Crippen LogP contribution < -0.4 is 4.90 Å². The van der Waals surface area contributed by atoms with Gasteiger partial charge in [0.2, 0.25) is 10.0 Å². The van der Waals surface area contributed by atoms with Crippen LogP contribution in [0.1, 0.15) is 36.5 Å². The van der Waals surface area contributed by atoms with E-state index in [1.165, 1.54) is 39.5 Å². The second kappa shape index (κ2) is 10.9. The fraction of sp³-hybridized carbons (Fsp3) is 0.440. The molecule has 2 aromatic carbocycles. The third-order valence-electron chi connectivity index (χ3n) is 6.22. The molecule has 2 heterocycles. The van der Waals surface area contributed by atoms with Gasteiger partial charge in [0.15, 0.2) is 10.9 Å². The lowest BCUT2D eigenvalue weighted by atomic mass is 10.0. The van der Waals surface area contributed by atoms with Crippen molar-refractivity contribution in [2.45, 2.75) is 31.1 Å². The molecule has 0 aliphatic carbocycles. The largest absolute Gasteiger partial charge is 0.309 e. The second-order valence-electron chi connectivity index (χ2n) is 9.48. The summed E-state index contributed by atoms with van der Waals surface area (Å²) in [6, 6.07) is 7.86. The van der Waals surface area contributed by atoms with Crippen molar-refractivity contribution in [2.24, 2.45) is 5.92 Å². The van der Waals surface area contributed by atoms with Gasteiger partial charge in [-0.05, 0) is 76.2 Å². The van der Waals surface area contributed by atoms with Crippen LogP contribution in [0, 0.1) is 17.6 Å². The van der Waals surface area contributed by atoms with Crippen LogP contribution in [0.3, 0.4) is 0 Å². The van der Waals surface area contributed by atoms with Gasteiger partial charge in [0.1, 0.15) is 11.3 Å². The van der Waals surface area contributed by atoms with Crippen LogP contribution in [-0.2, 0) is 10.0 Å². The first-order chi connectivity index (χ1) is 17.1. The van der Waals surface area contributed by atoms with Crippen molar-refractivity contribution in [3.8, 4) is 0 Å². The first-order valence-electron chi connectivity index (χ1n) is 11.9. The maximum atomic E-state index is 14.3. The minimum atomic E-state index is -3.64. The summed E-state index contributed by atoms with van der Waals surface area (Å²) in [7, 11) is 0.198. The summed E-state index contributed by atoms with van der Waals surface area (Å²) in [4.78, 5) is 21.4. The Morgan fingerprint density at radius 1 is 1.17 bits per heavy atom. The number of anilines is 1. The number of amides is 1. The molecule has 4 rings (SSSR count). The van der Waals surface area contributed by atoms with Crippen molar-refractivity contribution in [3.63, 3.8) is 0 Å². The lowest BCUT2D eigenvalue weighted by molar-refractivity contribution is 0.0986. The summed E-state index contributed by atoms with van der Waals surface area (Å²) in [6.45, 7) is 4.03. The molecule has 0 saturated carbocycles. The van der Waals surface area contributed by atoms with Crippen molar-refractivity contribution in [3.05, 3.63) is 53.6 Å². The molecule has 0 spiro atoms. The van der Waals surface area contributed by atoms with Gasteiger partial charge >= 0.3 is 0 Å². The normalized spacial score (nSPS) is 17.1. The molecular weight excluding hydrogens is 506 g/mol. The van der Waals surface area contributed by atoms with Crippen molar-refractivity contribution in [1.82, 2.24) is 14.2 Å². The predicted octanol–water partition coefficient (Wildman–Crippen LogP) is 4.59. The number of piperidine rings is 1. The van der Waals surface area contributed by atoms with Gasteiger partial charge < -0.3 is 4.90 Å². The van der Waals surface area contributed by atoms with Gasteiger partial charge in [-0.3, -0.25) is 9.69 Å². The summed E-state index contributed by atoms with van der Waals surface area (Å²) >= 11 is 1.04. The van der Waals surface area contributed by atoms with Gasteiger partial charge in [0.05, 0.1) is 9.60 Å². The Hall–Kier alpha value is -2.47. The standard InChI is InChI=1S/C25H30F2N4O3S2/c1-17-6-4-12-30(16-17)36(33,34)20-9-7-18(8-10-20)24(32)31(13-5-11-29(2)3)25-28-23-21(27)14-19(26)15-22(23)35-25/h7-10,14-15,17H,4-6,11-13,16H2,1-3H3. The van der Waals surface area contributed by atoms with Gasteiger partial charge in [0, 0.05) is 31.3 Å². The first-order valence-corrected chi connectivity index (χ1v) is 14.1. The molecule has 3 aromatic rings. The second-order valence-corrected chi connectivity index (χ2v) is 12.4. The Bertz CT molecular complexity index is 1340. The average molecular weight is 537 g/mol. The molecule has 1 aromatic heterocycles. The molecule has 1 atom stereocenters. The number of carbonyl (C=O) groups excluding carboxylic acids is 1. The van der Waals surface area contributed by atoms with Gasteiger partial charge in [-0.25, -0.2) is 22.2 Å². The molecule has 1 fully saturated rings. The van der Waals surface area contributed by atoms with Crippen molar-refractivity contribution in [2.75, 3.05) is 45.2 Å². The third-order valence-corrected chi connectivity index (χ3v) is 9.13. The van der Waals surface area contributed by atoms with E-state index in [1.807, 2.05) is 25.9 Å². The van der Waals surface area contributed by atoms with Crippen LogP contribution in [-0.4, -0.2) is 68.8 Å². The number of benzene rings is 2. The zero-order valence-electron chi connectivity index (χ0n) is 20.6. The van der Waals surface area contributed by atoms with E-state index in [1.54, 1.807) is 0 Å². The number of carbonyl (C=O) groups is 1. The SMILES string of the molecule is CC1CCCN(S(=O)(=O)c2ccc(C(=O)N(CCCN(C)C)c3nc4c(F)cc(F)cc4s3)cc2)C1. The molecule has 0 radical (unpaired) electrons. The van der Waals surface area contributed by atoms with Crippen molar-refractivity contribution < 1.29 is 22.0 Å². The highest BCUT2D eigenvalue weighted by molar-refractivity contribution is 7.89. The number of hydrogen-bond acceptors (Lipinski definition) is 6. The molecule has 0 N–H and O–H groups in total. The van der Waals surface area contributed by atoms with Crippen LogP contribution in [0.4, 0.5) is 13.9 Å². The Labute approximate surface area is 214 Å². The fourth-order valence-electron chi connectivity index (χ4n) is 4.33. The summed E-state index contributed by atoms with van der Waals surface area (Å²) in [5, 5.41) is 0.261. The highest BCUT2D eigenvalue weighted by Gasteiger charge is 2.29. The minimum Gasteiger partial charge on any atom is -0.309 e. The lowest BCUT2D eigenvalue weighted by Gasteiger charge is -2.30. The molecule has 1 unspecified atom stereocenters. The van der Waals surface area contributed by atoms with Gasteiger partial charge in [0.25, 0.3) is 5.91 Å². The number of thiazole rings is 1. The Kier molecular flexibility index (Phi) is 8.03. The Morgan fingerprint density at radius 2 is 1.89 bits per heavy atom. The summed E-state index contributed by atoms with van der Waals surface area (Å²) < 4.78 is 56.0. The summed E-state index contributed by atoms with van der Waals surface area (Å²) in [5.74, 6) is -1.57. The molecular formula is C25H30F2N4O3S2. The van der Waals surface area contributed by atoms with Crippen LogP contribution in [0.2, 0.25) is 0 Å². The predicted molar refractivity (Wildman–Crippen MR) is 138 cm³/mol. The number of hydrogen-bond donors (Lipinski definition) is 0. The molecule has 0 bridgehead atoms. The van der Waals surface area contributed by atoms with E-state index < -0.39 is 21.7 Å². The van der Waals surface area contributed by atoms with Crippen LogP contribution in [0.5, 0.6) is 0 Å². The maximum Gasteiger partial charge on any atom is 0.260 e. The molecule has 1 aliphatic heterocycles.